The smallest absolute Gasteiger partial charge is 0.289 e. The first-order valence-corrected chi connectivity index (χ1v) is 7.33. The lowest BCUT2D eigenvalue weighted by atomic mass is 9.96. The minimum Gasteiger partial charge on any atom is -0.289 e. The Hall–Kier alpha value is -2.88. The average Bonchev–Trinajstić information content (AvgIpc) is 2.61. The van der Waals surface area contributed by atoms with Gasteiger partial charge in [0, 0.05) is 11.1 Å². The summed E-state index contributed by atoms with van der Waals surface area (Å²) in [6, 6.07) is 21.0. The van der Waals surface area contributed by atoms with E-state index in [0.29, 0.717) is 0 Å². The van der Waals surface area contributed by atoms with Crippen LogP contribution in [0.15, 0.2) is 78.9 Å². The van der Waals surface area contributed by atoms with Crippen molar-refractivity contribution in [3.63, 3.8) is 0 Å². The quantitative estimate of drug-likeness (QED) is 0.572. The van der Waals surface area contributed by atoms with Crippen LogP contribution in [0.4, 0.5) is 13.2 Å². The van der Waals surface area contributed by atoms with Gasteiger partial charge in [0.2, 0.25) is 0 Å². The molecule has 0 N–H and O–H groups in total. The predicted molar refractivity (Wildman–Crippen MR) is 86.8 cm³/mol. The van der Waals surface area contributed by atoms with E-state index in [4.69, 9.17) is 0 Å². The van der Waals surface area contributed by atoms with Gasteiger partial charge in [-0.2, -0.15) is 13.2 Å². The van der Waals surface area contributed by atoms with Crippen molar-refractivity contribution >= 4 is 5.78 Å². The van der Waals surface area contributed by atoms with Crippen molar-refractivity contribution in [2.45, 2.75) is 6.18 Å². The third kappa shape index (κ3) is 3.23. The molecule has 120 valence electrons. The van der Waals surface area contributed by atoms with Crippen molar-refractivity contribution in [3.05, 3.63) is 95.6 Å². The van der Waals surface area contributed by atoms with Gasteiger partial charge in [0.05, 0.1) is 5.56 Å². The predicted octanol–water partition coefficient (Wildman–Crippen LogP) is 5.60. The second kappa shape index (κ2) is 6.32. The zero-order chi connectivity index (χ0) is 17.2. The minimum atomic E-state index is -4.56. The zero-order valence-electron chi connectivity index (χ0n) is 12.5. The Balaban J connectivity index is 1.95. The number of carbonyl (C=O) groups excluding carboxylic acids is 1. The summed E-state index contributed by atoms with van der Waals surface area (Å²) in [4.78, 5) is 12.5. The summed E-state index contributed by atoms with van der Waals surface area (Å²) >= 11 is 0. The van der Waals surface area contributed by atoms with Crippen molar-refractivity contribution < 1.29 is 18.0 Å². The van der Waals surface area contributed by atoms with Crippen LogP contribution in [0.3, 0.4) is 0 Å². The van der Waals surface area contributed by atoms with Crippen LogP contribution in [-0.4, -0.2) is 5.78 Å². The highest BCUT2D eigenvalue weighted by atomic mass is 19.4. The number of hydrogen-bond acceptors (Lipinski definition) is 1. The molecule has 0 aliphatic heterocycles. The van der Waals surface area contributed by atoms with Gasteiger partial charge in [0.25, 0.3) is 0 Å². The molecule has 0 spiro atoms. The summed E-state index contributed by atoms with van der Waals surface area (Å²) < 4.78 is 39.2. The maximum absolute atomic E-state index is 13.1. The zero-order valence-corrected chi connectivity index (χ0v) is 12.5. The molecule has 0 aliphatic rings. The van der Waals surface area contributed by atoms with Crippen LogP contribution >= 0.6 is 0 Å². The van der Waals surface area contributed by atoms with Gasteiger partial charge < -0.3 is 0 Å². The molecule has 0 saturated heterocycles. The number of carbonyl (C=O) groups is 1. The second-order valence-electron chi connectivity index (χ2n) is 5.32. The summed E-state index contributed by atoms with van der Waals surface area (Å²) in [7, 11) is 0. The first-order valence-electron chi connectivity index (χ1n) is 7.33. The molecular weight excluding hydrogens is 313 g/mol. The Morgan fingerprint density at radius 2 is 1.21 bits per heavy atom. The van der Waals surface area contributed by atoms with E-state index in [1.807, 2.05) is 30.3 Å². The molecule has 0 fully saturated rings. The van der Waals surface area contributed by atoms with Gasteiger partial charge in [-0.1, -0.05) is 72.8 Å². The lowest BCUT2D eigenvalue weighted by Gasteiger charge is -2.12. The van der Waals surface area contributed by atoms with E-state index >= 15 is 0 Å². The molecule has 0 unspecified atom stereocenters. The van der Waals surface area contributed by atoms with Gasteiger partial charge in [-0.15, -0.1) is 0 Å². The molecule has 0 atom stereocenters. The van der Waals surface area contributed by atoms with Crippen molar-refractivity contribution in [1.82, 2.24) is 0 Å². The second-order valence-corrected chi connectivity index (χ2v) is 5.32. The molecule has 0 aliphatic carbocycles. The van der Waals surface area contributed by atoms with Crippen LogP contribution in [0, 0.1) is 0 Å². The minimum absolute atomic E-state index is 0.228. The SMILES string of the molecule is O=C(c1ccc(-c2ccccc2)cc1)c1ccccc1C(F)(F)F. The first-order chi connectivity index (χ1) is 11.5. The van der Waals surface area contributed by atoms with Crippen molar-refractivity contribution in [2.75, 3.05) is 0 Å². The van der Waals surface area contributed by atoms with Crippen LogP contribution in [-0.2, 0) is 6.18 Å². The summed E-state index contributed by atoms with van der Waals surface area (Å²) in [5, 5.41) is 0. The van der Waals surface area contributed by atoms with Gasteiger partial charge in [-0.05, 0) is 17.2 Å². The lowest BCUT2D eigenvalue weighted by molar-refractivity contribution is -0.137. The highest BCUT2D eigenvalue weighted by Gasteiger charge is 2.34. The number of ketones is 1. The van der Waals surface area contributed by atoms with Crippen LogP contribution < -0.4 is 0 Å². The average molecular weight is 326 g/mol. The summed E-state index contributed by atoms with van der Waals surface area (Å²) in [6.45, 7) is 0. The summed E-state index contributed by atoms with van der Waals surface area (Å²) in [6.07, 6.45) is -4.56. The summed E-state index contributed by atoms with van der Waals surface area (Å²) in [5.41, 5.74) is 0.856. The van der Waals surface area contributed by atoms with Gasteiger partial charge in [-0.3, -0.25) is 4.79 Å². The van der Waals surface area contributed by atoms with Crippen molar-refractivity contribution in [3.8, 4) is 11.1 Å². The number of rotatable bonds is 3. The normalized spacial score (nSPS) is 11.3. The van der Waals surface area contributed by atoms with E-state index in [0.717, 1.165) is 17.2 Å². The van der Waals surface area contributed by atoms with Crippen molar-refractivity contribution in [2.24, 2.45) is 0 Å². The molecule has 0 bridgehead atoms. The number of hydrogen-bond donors (Lipinski definition) is 0. The molecule has 0 saturated carbocycles. The highest BCUT2D eigenvalue weighted by Crippen LogP contribution is 2.33. The molecule has 0 radical (unpaired) electrons. The van der Waals surface area contributed by atoms with E-state index in [-0.39, 0.29) is 11.1 Å². The monoisotopic (exact) mass is 326 g/mol. The lowest BCUT2D eigenvalue weighted by Crippen LogP contribution is -2.13. The third-order valence-electron chi connectivity index (χ3n) is 3.73. The van der Waals surface area contributed by atoms with E-state index < -0.39 is 17.5 Å². The largest absolute Gasteiger partial charge is 0.417 e. The van der Waals surface area contributed by atoms with Gasteiger partial charge in [0.15, 0.2) is 5.78 Å². The van der Waals surface area contributed by atoms with Crippen LogP contribution in [0.25, 0.3) is 11.1 Å². The Kier molecular flexibility index (Phi) is 4.21. The molecule has 0 heterocycles. The molecule has 1 nitrogen and oxygen atoms in total. The van der Waals surface area contributed by atoms with E-state index in [2.05, 4.69) is 0 Å². The molecule has 3 aromatic rings. The molecule has 24 heavy (non-hydrogen) atoms. The molecule has 3 aromatic carbocycles. The number of benzene rings is 3. The molecular formula is C20H13F3O. The Bertz CT molecular complexity index is 850. The third-order valence-corrected chi connectivity index (χ3v) is 3.73. The van der Waals surface area contributed by atoms with Gasteiger partial charge in [-0.25, -0.2) is 0 Å². The Morgan fingerprint density at radius 3 is 1.83 bits per heavy atom. The van der Waals surface area contributed by atoms with Crippen LogP contribution in [0.2, 0.25) is 0 Å². The fourth-order valence-electron chi connectivity index (χ4n) is 2.53. The Labute approximate surface area is 137 Å². The first kappa shape index (κ1) is 16.0. The van der Waals surface area contributed by atoms with Crippen molar-refractivity contribution in [1.29, 1.82) is 0 Å². The topological polar surface area (TPSA) is 17.1 Å². The van der Waals surface area contributed by atoms with Crippen LogP contribution in [0.1, 0.15) is 21.5 Å². The molecule has 0 aromatic heterocycles. The standard InChI is InChI=1S/C20H13F3O/c21-20(22,23)18-9-5-4-8-17(18)19(24)16-12-10-15(11-13-16)14-6-2-1-3-7-14/h1-13H. The molecule has 0 amide bonds. The summed E-state index contributed by atoms with van der Waals surface area (Å²) in [5.74, 6) is -0.637. The maximum Gasteiger partial charge on any atom is 0.417 e. The molecule has 3 rings (SSSR count). The number of halogens is 3. The molecule has 4 heteroatoms. The van der Waals surface area contributed by atoms with Gasteiger partial charge >= 0.3 is 6.18 Å². The van der Waals surface area contributed by atoms with Crippen LogP contribution in [0.5, 0.6) is 0 Å². The van der Waals surface area contributed by atoms with Gasteiger partial charge in [0.1, 0.15) is 0 Å². The number of alkyl halides is 3. The van der Waals surface area contributed by atoms with E-state index in [1.54, 1.807) is 24.3 Å². The highest BCUT2D eigenvalue weighted by molar-refractivity contribution is 6.10. The van der Waals surface area contributed by atoms with E-state index in [1.165, 1.54) is 18.2 Å². The Morgan fingerprint density at radius 1 is 0.667 bits per heavy atom. The maximum atomic E-state index is 13.1. The van der Waals surface area contributed by atoms with E-state index in [9.17, 15) is 18.0 Å². The fourth-order valence-corrected chi connectivity index (χ4v) is 2.53. The fraction of sp³-hybridized carbons (Fsp3) is 0.0500.